The molecule has 0 spiro atoms. The highest BCUT2D eigenvalue weighted by atomic mass is 16.6. The lowest BCUT2D eigenvalue weighted by Crippen LogP contribution is -2.40. The third-order valence-corrected chi connectivity index (χ3v) is 4.58. The summed E-state index contributed by atoms with van der Waals surface area (Å²) in [5.74, 6) is 0. The van der Waals surface area contributed by atoms with Crippen LogP contribution in [0.15, 0.2) is 0 Å². The SMILES string of the molecule is CC1CC(NC2CC2NC(=O)OC(C)(C)C)CN1C1CC1. The Morgan fingerprint density at radius 2 is 1.90 bits per heavy atom. The molecule has 4 unspecified atom stereocenters. The van der Waals surface area contributed by atoms with Gasteiger partial charge in [-0.15, -0.1) is 0 Å². The number of hydrogen-bond acceptors (Lipinski definition) is 4. The number of hydrogen-bond donors (Lipinski definition) is 2. The average molecular weight is 295 g/mol. The summed E-state index contributed by atoms with van der Waals surface area (Å²) in [5, 5.41) is 6.66. The number of amides is 1. The predicted molar refractivity (Wildman–Crippen MR) is 82.3 cm³/mol. The highest BCUT2D eigenvalue weighted by Gasteiger charge is 2.44. The summed E-state index contributed by atoms with van der Waals surface area (Å²) in [6.45, 7) is 9.18. The van der Waals surface area contributed by atoms with E-state index in [0.717, 1.165) is 12.5 Å². The van der Waals surface area contributed by atoms with E-state index in [1.54, 1.807) is 0 Å². The molecule has 0 radical (unpaired) electrons. The summed E-state index contributed by atoms with van der Waals surface area (Å²) in [6.07, 6.45) is 4.71. The fourth-order valence-electron chi connectivity index (χ4n) is 3.39. The Bertz CT molecular complexity index is 403. The van der Waals surface area contributed by atoms with Crippen LogP contribution >= 0.6 is 0 Å². The Labute approximate surface area is 127 Å². The molecule has 0 aromatic heterocycles. The molecule has 5 heteroatoms. The van der Waals surface area contributed by atoms with E-state index in [9.17, 15) is 4.79 Å². The Hall–Kier alpha value is -0.810. The standard InChI is InChI=1S/C16H29N3O2/c1-10-7-11(9-19(10)12-5-6-12)17-13-8-14(13)18-15(20)21-16(2,3)4/h10-14,17H,5-9H2,1-4H3,(H,18,20). The third-order valence-electron chi connectivity index (χ3n) is 4.58. The number of carbonyl (C=O) groups excluding carboxylic acids is 1. The minimum absolute atomic E-state index is 0.241. The summed E-state index contributed by atoms with van der Waals surface area (Å²) >= 11 is 0. The van der Waals surface area contributed by atoms with Crippen molar-refractivity contribution in [2.75, 3.05) is 6.54 Å². The van der Waals surface area contributed by atoms with Gasteiger partial charge < -0.3 is 15.4 Å². The molecule has 5 nitrogen and oxygen atoms in total. The number of likely N-dealkylation sites (tertiary alicyclic amines) is 1. The first kappa shape index (κ1) is 15.1. The largest absolute Gasteiger partial charge is 0.444 e. The second-order valence-corrected chi connectivity index (χ2v) is 7.97. The zero-order chi connectivity index (χ0) is 15.2. The van der Waals surface area contributed by atoms with Crippen molar-refractivity contribution in [1.82, 2.24) is 15.5 Å². The lowest BCUT2D eigenvalue weighted by Gasteiger charge is -2.20. The summed E-state index contributed by atoms with van der Waals surface area (Å²) in [6, 6.07) is 2.79. The molecule has 0 bridgehead atoms. The quantitative estimate of drug-likeness (QED) is 0.831. The van der Waals surface area contributed by atoms with Crippen LogP contribution in [0.2, 0.25) is 0 Å². The van der Waals surface area contributed by atoms with E-state index in [1.165, 1.54) is 25.8 Å². The van der Waals surface area contributed by atoms with Gasteiger partial charge in [-0.25, -0.2) is 4.79 Å². The summed E-state index contributed by atoms with van der Waals surface area (Å²) in [4.78, 5) is 14.4. The predicted octanol–water partition coefficient (Wildman–Crippen LogP) is 1.87. The van der Waals surface area contributed by atoms with Crippen LogP contribution in [0.4, 0.5) is 4.79 Å². The Morgan fingerprint density at radius 3 is 2.52 bits per heavy atom. The van der Waals surface area contributed by atoms with E-state index < -0.39 is 5.60 Å². The van der Waals surface area contributed by atoms with Crippen molar-refractivity contribution in [3.05, 3.63) is 0 Å². The maximum atomic E-state index is 11.7. The van der Waals surface area contributed by atoms with Gasteiger partial charge in [-0.1, -0.05) is 0 Å². The van der Waals surface area contributed by atoms with Gasteiger partial charge in [0.25, 0.3) is 0 Å². The molecule has 3 aliphatic rings. The molecule has 0 aromatic rings. The van der Waals surface area contributed by atoms with Crippen LogP contribution in [0, 0.1) is 0 Å². The minimum Gasteiger partial charge on any atom is -0.444 e. The van der Waals surface area contributed by atoms with Crippen LogP contribution in [0.1, 0.15) is 53.4 Å². The highest BCUT2D eigenvalue weighted by Crippen LogP contribution is 2.34. The molecule has 1 saturated heterocycles. The van der Waals surface area contributed by atoms with Crippen molar-refractivity contribution >= 4 is 6.09 Å². The van der Waals surface area contributed by atoms with Gasteiger partial charge in [-0.2, -0.15) is 0 Å². The van der Waals surface area contributed by atoms with Gasteiger partial charge in [0.05, 0.1) is 0 Å². The Morgan fingerprint density at radius 1 is 1.19 bits per heavy atom. The number of rotatable bonds is 4. The van der Waals surface area contributed by atoms with E-state index in [1.807, 2.05) is 20.8 Å². The van der Waals surface area contributed by atoms with Gasteiger partial charge in [0.15, 0.2) is 0 Å². The zero-order valence-corrected chi connectivity index (χ0v) is 13.7. The number of carbonyl (C=O) groups is 1. The average Bonchev–Trinajstić information content (AvgIpc) is 3.21. The maximum Gasteiger partial charge on any atom is 0.407 e. The number of ether oxygens (including phenoxy) is 1. The first-order valence-corrected chi connectivity index (χ1v) is 8.33. The molecule has 3 fully saturated rings. The Balaban J connectivity index is 1.37. The molecule has 1 amide bonds. The smallest absolute Gasteiger partial charge is 0.407 e. The van der Waals surface area contributed by atoms with E-state index >= 15 is 0 Å². The van der Waals surface area contributed by atoms with Gasteiger partial charge in [-0.05, 0) is 53.4 Å². The van der Waals surface area contributed by atoms with Crippen molar-refractivity contribution in [2.24, 2.45) is 0 Å². The van der Waals surface area contributed by atoms with Crippen LogP contribution in [0.25, 0.3) is 0 Å². The van der Waals surface area contributed by atoms with Crippen molar-refractivity contribution in [3.8, 4) is 0 Å². The van der Waals surface area contributed by atoms with Gasteiger partial charge in [-0.3, -0.25) is 4.90 Å². The van der Waals surface area contributed by atoms with Gasteiger partial charge in [0.2, 0.25) is 0 Å². The summed E-state index contributed by atoms with van der Waals surface area (Å²) in [7, 11) is 0. The van der Waals surface area contributed by atoms with E-state index in [4.69, 9.17) is 4.74 Å². The highest BCUT2D eigenvalue weighted by molar-refractivity contribution is 5.68. The van der Waals surface area contributed by atoms with Crippen molar-refractivity contribution in [3.63, 3.8) is 0 Å². The van der Waals surface area contributed by atoms with Crippen molar-refractivity contribution in [2.45, 2.75) is 89.2 Å². The minimum atomic E-state index is -0.423. The van der Waals surface area contributed by atoms with Crippen LogP contribution in [0.5, 0.6) is 0 Å². The van der Waals surface area contributed by atoms with E-state index in [2.05, 4.69) is 22.5 Å². The van der Waals surface area contributed by atoms with Crippen LogP contribution in [-0.2, 0) is 4.74 Å². The summed E-state index contributed by atoms with van der Waals surface area (Å²) in [5.41, 5.74) is -0.423. The van der Waals surface area contributed by atoms with Crippen LogP contribution in [0.3, 0.4) is 0 Å². The molecular weight excluding hydrogens is 266 g/mol. The summed E-state index contributed by atoms with van der Waals surface area (Å²) < 4.78 is 5.29. The van der Waals surface area contributed by atoms with E-state index in [-0.39, 0.29) is 12.1 Å². The molecule has 2 aliphatic carbocycles. The molecule has 1 aliphatic heterocycles. The third kappa shape index (κ3) is 4.10. The lowest BCUT2D eigenvalue weighted by molar-refractivity contribution is 0.0522. The second kappa shape index (κ2) is 5.43. The maximum absolute atomic E-state index is 11.7. The molecule has 2 saturated carbocycles. The molecule has 1 heterocycles. The topological polar surface area (TPSA) is 53.6 Å². The molecule has 4 atom stereocenters. The first-order chi connectivity index (χ1) is 9.82. The van der Waals surface area contributed by atoms with Crippen LogP contribution < -0.4 is 10.6 Å². The second-order valence-electron chi connectivity index (χ2n) is 7.97. The van der Waals surface area contributed by atoms with Crippen molar-refractivity contribution < 1.29 is 9.53 Å². The molecule has 21 heavy (non-hydrogen) atoms. The van der Waals surface area contributed by atoms with Gasteiger partial charge in [0, 0.05) is 36.8 Å². The number of nitrogens with one attached hydrogen (secondary N) is 2. The Kier molecular flexibility index (Phi) is 3.91. The van der Waals surface area contributed by atoms with E-state index in [0.29, 0.717) is 18.1 Å². The van der Waals surface area contributed by atoms with Crippen molar-refractivity contribution in [1.29, 1.82) is 0 Å². The van der Waals surface area contributed by atoms with Crippen LogP contribution in [-0.4, -0.2) is 53.3 Å². The monoisotopic (exact) mass is 295 g/mol. The van der Waals surface area contributed by atoms with Gasteiger partial charge >= 0.3 is 6.09 Å². The fourth-order valence-corrected chi connectivity index (χ4v) is 3.39. The first-order valence-electron chi connectivity index (χ1n) is 8.33. The lowest BCUT2D eigenvalue weighted by atomic mass is 10.2. The molecule has 0 aromatic carbocycles. The van der Waals surface area contributed by atoms with Gasteiger partial charge in [0.1, 0.15) is 5.60 Å². The number of nitrogens with zero attached hydrogens (tertiary/aromatic N) is 1. The fraction of sp³-hybridized carbons (Fsp3) is 0.938. The molecule has 3 rings (SSSR count). The molecular formula is C16H29N3O2. The number of alkyl carbamates (subject to hydrolysis) is 1. The molecule has 120 valence electrons. The zero-order valence-electron chi connectivity index (χ0n) is 13.7. The normalized spacial score (nSPS) is 36.6. The molecule has 2 N–H and O–H groups in total.